The fourth-order valence-corrected chi connectivity index (χ4v) is 2.15. The summed E-state index contributed by atoms with van der Waals surface area (Å²) in [6.07, 6.45) is 3.20. The first-order chi connectivity index (χ1) is 8.27. The van der Waals surface area contributed by atoms with Gasteiger partial charge in [0.1, 0.15) is 0 Å². The molecule has 94 valence electrons. The van der Waals surface area contributed by atoms with Gasteiger partial charge in [-0.3, -0.25) is 4.79 Å². The zero-order valence-corrected chi connectivity index (χ0v) is 11.0. The van der Waals surface area contributed by atoms with Crippen LogP contribution >= 0.6 is 11.6 Å². The van der Waals surface area contributed by atoms with Crippen LogP contribution in [0, 0.1) is 5.92 Å². The third-order valence-electron chi connectivity index (χ3n) is 2.80. The standard InChI is InChI=1S/C14H20ClNO/c1-2-6-12(9-10-15)11-16-14(17)13-7-4-3-5-8-13/h3-5,7-8,12H,2,6,9-11H2,1H3,(H,16,17). The molecule has 0 aliphatic carbocycles. The molecule has 0 heterocycles. The lowest BCUT2D eigenvalue weighted by atomic mass is 10.0. The molecule has 1 atom stereocenters. The molecule has 0 bridgehead atoms. The molecule has 1 unspecified atom stereocenters. The van der Waals surface area contributed by atoms with Gasteiger partial charge in [0.15, 0.2) is 0 Å². The molecule has 0 aliphatic rings. The van der Waals surface area contributed by atoms with Gasteiger partial charge in [-0.1, -0.05) is 31.5 Å². The average Bonchev–Trinajstić information content (AvgIpc) is 2.37. The first-order valence-electron chi connectivity index (χ1n) is 6.17. The normalized spacial score (nSPS) is 12.1. The van der Waals surface area contributed by atoms with Crippen molar-refractivity contribution in [1.29, 1.82) is 0 Å². The second-order valence-corrected chi connectivity index (χ2v) is 4.59. The summed E-state index contributed by atoms with van der Waals surface area (Å²) in [5, 5.41) is 2.97. The van der Waals surface area contributed by atoms with Gasteiger partial charge in [-0.2, -0.15) is 0 Å². The number of hydrogen-bond donors (Lipinski definition) is 1. The number of hydrogen-bond acceptors (Lipinski definition) is 1. The molecule has 1 aromatic rings. The SMILES string of the molecule is CCCC(CCCl)CNC(=O)c1ccccc1. The van der Waals surface area contributed by atoms with Gasteiger partial charge in [-0.25, -0.2) is 0 Å². The van der Waals surface area contributed by atoms with E-state index in [1.165, 1.54) is 0 Å². The van der Waals surface area contributed by atoms with Crippen LogP contribution in [0.3, 0.4) is 0 Å². The Morgan fingerprint density at radius 2 is 2.00 bits per heavy atom. The van der Waals surface area contributed by atoms with Gasteiger partial charge >= 0.3 is 0 Å². The van der Waals surface area contributed by atoms with Crippen LogP contribution in [0.15, 0.2) is 30.3 Å². The molecule has 0 saturated heterocycles. The van der Waals surface area contributed by atoms with Crippen LogP contribution in [-0.2, 0) is 0 Å². The molecular weight excluding hydrogens is 234 g/mol. The van der Waals surface area contributed by atoms with Gasteiger partial charge in [-0.05, 0) is 30.9 Å². The van der Waals surface area contributed by atoms with Crippen LogP contribution in [0.25, 0.3) is 0 Å². The van der Waals surface area contributed by atoms with Crippen LogP contribution < -0.4 is 5.32 Å². The molecule has 2 nitrogen and oxygen atoms in total. The second-order valence-electron chi connectivity index (χ2n) is 4.21. The first kappa shape index (κ1) is 14.0. The topological polar surface area (TPSA) is 29.1 Å². The van der Waals surface area contributed by atoms with Crippen molar-refractivity contribution in [1.82, 2.24) is 5.32 Å². The lowest BCUT2D eigenvalue weighted by Gasteiger charge is -2.15. The second kappa shape index (κ2) is 8.13. The molecular formula is C14H20ClNO. The highest BCUT2D eigenvalue weighted by molar-refractivity contribution is 6.17. The van der Waals surface area contributed by atoms with E-state index in [4.69, 9.17) is 11.6 Å². The fourth-order valence-electron chi connectivity index (χ4n) is 1.84. The molecule has 1 N–H and O–H groups in total. The Balaban J connectivity index is 2.41. The van der Waals surface area contributed by atoms with Crippen molar-refractivity contribution >= 4 is 17.5 Å². The third-order valence-corrected chi connectivity index (χ3v) is 3.02. The van der Waals surface area contributed by atoms with Crippen molar-refractivity contribution in [3.63, 3.8) is 0 Å². The number of alkyl halides is 1. The fraction of sp³-hybridized carbons (Fsp3) is 0.500. The van der Waals surface area contributed by atoms with Crippen LogP contribution in [0.1, 0.15) is 36.5 Å². The van der Waals surface area contributed by atoms with Crippen LogP contribution in [0.4, 0.5) is 0 Å². The molecule has 0 spiro atoms. The van der Waals surface area contributed by atoms with Crippen molar-refractivity contribution in [3.05, 3.63) is 35.9 Å². The Morgan fingerprint density at radius 1 is 1.29 bits per heavy atom. The summed E-state index contributed by atoms with van der Waals surface area (Å²) >= 11 is 5.75. The molecule has 3 heteroatoms. The number of amides is 1. The number of carbonyl (C=O) groups excluding carboxylic acids is 1. The molecule has 0 saturated carbocycles. The Bertz CT molecular complexity index is 320. The van der Waals surface area contributed by atoms with Crippen molar-refractivity contribution in [2.45, 2.75) is 26.2 Å². The number of rotatable bonds is 7. The summed E-state index contributed by atoms with van der Waals surface area (Å²) in [5.74, 6) is 1.15. The average molecular weight is 254 g/mol. The van der Waals surface area contributed by atoms with E-state index >= 15 is 0 Å². The molecule has 1 aromatic carbocycles. The minimum atomic E-state index is 0.00118. The van der Waals surface area contributed by atoms with Crippen molar-refractivity contribution < 1.29 is 4.79 Å². The minimum absolute atomic E-state index is 0.00118. The van der Waals surface area contributed by atoms with E-state index < -0.39 is 0 Å². The zero-order chi connectivity index (χ0) is 12.5. The van der Waals surface area contributed by atoms with Gasteiger partial charge in [0.2, 0.25) is 0 Å². The van der Waals surface area contributed by atoms with Crippen LogP contribution in [-0.4, -0.2) is 18.3 Å². The molecule has 0 aliphatic heterocycles. The van der Waals surface area contributed by atoms with E-state index in [-0.39, 0.29) is 5.91 Å². The summed E-state index contributed by atoms with van der Waals surface area (Å²) < 4.78 is 0. The smallest absolute Gasteiger partial charge is 0.251 e. The van der Waals surface area contributed by atoms with E-state index in [0.717, 1.165) is 19.3 Å². The monoisotopic (exact) mass is 253 g/mol. The number of carbonyl (C=O) groups is 1. The lowest BCUT2D eigenvalue weighted by Crippen LogP contribution is -2.29. The third kappa shape index (κ3) is 5.22. The van der Waals surface area contributed by atoms with Crippen LogP contribution in [0.2, 0.25) is 0 Å². The molecule has 0 radical (unpaired) electrons. The van der Waals surface area contributed by atoms with Crippen molar-refractivity contribution in [3.8, 4) is 0 Å². The largest absolute Gasteiger partial charge is 0.352 e. The predicted molar refractivity (Wildman–Crippen MR) is 72.5 cm³/mol. The van der Waals surface area contributed by atoms with Crippen molar-refractivity contribution in [2.75, 3.05) is 12.4 Å². The maximum absolute atomic E-state index is 11.8. The minimum Gasteiger partial charge on any atom is -0.352 e. The summed E-state index contributed by atoms with van der Waals surface area (Å²) in [6.45, 7) is 2.87. The number of nitrogens with one attached hydrogen (secondary N) is 1. The van der Waals surface area contributed by atoms with E-state index in [1.807, 2.05) is 30.3 Å². The zero-order valence-electron chi connectivity index (χ0n) is 10.3. The molecule has 17 heavy (non-hydrogen) atoms. The highest BCUT2D eigenvalue weighted by Gasteiger charge is 2.10. The summed E-state index contributed by atoms with van der Waals surface area (Å²) in [5.41, 5.74) is 0.716. The molecule has 1 rings (SSSR count). The number of halogens is 1. The lowest BCUT2D eigenvalue weighted by molar-refractivity contribution is 0.0946. The maximum Gasteiger partial charge on any atom is 0.251 e. The molecule has 0 fully saturated rings. The van der Waals surface area contributed by atoms with Crippen molar-refractivity contribution in [2.24, 2.45) is 5.92 Å². The highest BCUT2D eigenvalue weighted by Crippen LogP contribution is 2.11. The number of benzene rings is 1. The molecule has 1 amide bonds. The van der Waals surface area contributed by atoms with E-state index in [1.54, 1.807) is 0 Å². The Labute approximate surface area is 108 Å². The summed E-state index contributed by atoms with van der Waals surface area (Å²) in [4.78, 5) is 11.8. The van der Waals surface area contributed by atoms with E-state index in [2.05, 4.69) is 12.2 Å². The summed E-state index contributed by atoms with van der Waals surface area (Å²) in [7, 11) is 0. The van der Waals surface area contributed by atoms with E-state index in [9.17, 15) is 4.79 Å². The highest BCUT2D eigenvalue weighted by atomic mass is 35.5. The maximum atomic E-state index is 11.8. The quantitative estimate of drug-likeness (QED) is 0.741. The molecule has 0 aromatic heterocycles. The van der Waals surface area contributed by atoms with Gasteiger partial charge in [0.25, 0.3) is 5.91 Å². The van der Waals surface area contributed by atoms with Crippen LogP contribution in [0.5, 0.6) is 0 Å². The van der Waals surface area contributed by atoms with E-state index in [0.29, 0.717) is 23.9 Å². The first-order valence-corrected chi connectivity index (χ1v) is 6.70. The van der Waals surface area contributed by atoms with Gasteiger partial charge in [0.05, 0.1) is 0 Å². The Morgan fingerprint density at radius 3 is 2.59 bits per heavy atom. The predicted octanol–water partition coefficient (Wildman–Crippen LogP) is 3.46. The van der Waals surface area contributed by atoms with Gasteiger partial charge in [0, 0.05) is 18.0 Å². The summed E-state index contributed by atoms with van der Waals surface area (Å²) in [6, 6.07) is 9.30. The van der Waals surface area contributed by atoms with Gasteiger partial charge in [-0.15, -0.1) is 11.6 Å². The van der Waals surface area contributed by atoms with Gasteiger partial charge < -0.3 is 5.32 Å². The Hall–Kier alpha value is -1.02. The Kier molecular flexibility index (Phi) is 6.71.